The van der Waals surface area contributed by atoms with E-state index in [1.165, 1.54) is 11.8 Å². The number of hydrogen-bond acceptors (Lipinski definition) is 5. The Balaban J connectivity index is 1.56. The van der Waals surface area contributed by atoms with Crippen LogP contribution in [0.25, 0.3) is 16.7 Å². The van der Waals surface area contributed by atoms with E-state index in [0.29, 0.717) is 46.0 Å². The quantitative estimate of drug-likeness (QED) is 0.145. The highest BCUT2D eigenvalue weighted by Gasteiger charge is 2.14. The summed E-state index contributed by atoms with van der Waals surface area (Å²) in [6, 6.07) is 18.5. The Morgan fingerprint density at radius 3 is 2.65 bits per heavy atom. The number of hydrogen-bond donors (Lipinski definition) is 0. The second-order valence-electron chi connectivity index (χ2n) is 7.13. The predicted octanol–water partition coefficient (Wildman–Crippen LogP) is 5.61. The van der Waals surface area contributed by atoms with Gasteiger partial charge in [0.1, 0.15) is 5.82 Å². The summed E-state index contributed by atoms with van der Waals surface area (Å²) in [6.45, 7) is 1.96. The number of para-hydroxylation sites is 1. The third kappa shape index (κ3) is 4.94. The molecule has 4 aromatic rings. The zero-order valence-electron chi connectivity index (χ0n) is 16.9. The number of rotatable bonds is 7. The molecule has 0 saturated carbocycles. The van der Waals surface area contributed by atoms with Crippen molar-refractivity contribution in [1.29, 1.82) is 0 Å². The van der Waals surface area contributed by atoms with Crippen LogP contribution in [0.4, 0.5) is 0 Å². The number of halogens is 1. The molecule has 2 aromatic carbocycles. The molecule has 2 heterocycles. The summed E-state index contributed by atoms with van der Waals surface area (Å²) >= 11 is 4.85. The average molecular weight is 494 g/mol. The fraction of sp³-hybridized carbons (Fsp3) is 0.167. The highest BCUT2D eigenvalue weighted by Crippen LogP contribution is 2.22. The Morgan fingerprint density at radius 2 is 1.87 bits per heavy atom. The van der Waals surface area contributed by atoms with Crippen LogP contribution in [0, 0.1) is 6.92 Å². The Bertz CT molecular complexity index is 1300. The summed E-state index contributed by atoms with van der Waals surface area (Å²) in [6.07, 6.45) is 2.82. The molecule has 0 aliphatic heterocycles. The monoisotopic (exact) mass is 493 g/mol. The molecule has 2 aromatic heterocycles. The predicted molar refractivity (Wildman–Crippen MR) is 128 cm³/mol. The van der Waals surface area contributed by atoms with Crippen LogP contribution in [-0.2, 0) is 0 Å². The van der Waals surface area contributed by atoms with Crippen molar-refractivity contribution in [3.63, 3.8) is 0 Å². The van der Waals surface area contributed by atoms with Gasteiger partial charge in [-0.1, -0.05) is 52.0 Å². The fourth-order valence-electron chi connectivity index (χ4n) is 3.23. The van der Waals surface area contributed by atoms with E-state index in [-0.39, 0.29) is 11.3 Å². The zero-order chi connectivity index (χ0) is 21.8. The summed E-state index contributed by atoms with van der Waals surface area (Å²) in [5.74, 6) is 1.33. The van der Waals surface area contributed by atoms with Gasteiger partial charge < -0.3 is 0 Å². The Kier molecular flexibility index (Phi) is 6.63. The van der Waals surface area contributed by atoms with E-state index in [4.69, 9.17) is 4.98 Å². The van der Waals surface area contributed by atoms with Crippen molar-refractivity contribution in [2.45, 2.75) is 24.9 Å². The van der Waals surface area contributed by atoms with Gasteiger partial charge >= 0.3 is 0 Å². The van der Waals surface area contributed by atoms with Gasteiger partial charge in [-0.25, -0.2) is 14.5 Å². The number of Topliss-reactive ketones (excluding diaryl/α,β-unsaturated/α-hetero) is 1. The number of benzene rings is 2. The van der Waals surface area contributed by atoms with Crippen molar-refractivity contribution in [1.82, 2.24) is 14.5 Å². The van der Waals surface area contributed by atoms with E-state index >= 15 is 0 Å². The third-order valence-electron chi connectivity index (χ3n) is 4.82. The third-order valence-corrected chi connectivity index (χ3v) is 6.37. The van der Waals surface area contributed by atoms with Crippen LogP contribution < -0.4 is 5.56 Å². The first-order valence-electron chi connectivity index (χ1n) is 9.89. The van der Waals surface area contributed by atoms with Crippen LogP contribution in [0.3, 0.4) is 0 Å². The smallest absolute Gasteiger partial charge is 0.267 e. The van der Waals surface area contributed by atoms with Gasteiger partial charge in [0.05, 0.1) is 10.9 Å². The standard InChI is InChI=1S/C24H20BrN3O2S/c1-16-12-13-26-22(15-16)28-23(30)19-5-2-3-6-20(19)27-24(28)31-14-4-7-21(29)17-8-10-18(25)11-9-17/h2-3,5-6,8-13,15H,4,7,14H2,1H3. The lowest BCUT2D eigenvalue weighted by Gasteiger charge is -2.12. The topological polar surface area (TPSA) is 64.8 Å². The van der Waals surface area contributed by atoms with E-state index < -0.39 is 0 Å². The highest BCUT2D eigenvalue weighted by molar-refractivity contribution is 9.10. The molecule has 31 heavy (non-hydrogen) atoms. The summed E-state index contributed by atoms with van der Waals surface area (Å²) in [5.41, 5.74) is 2.24. The Morgan fingerprint density at radius 1 is 1.10 bits per heavy atom. The molecule has 0 atom stereocenters. The number of fused-ring (bicyclic) bond motifs is 1. The van der Waals surface area contributed by atoms with Gasteiger partial charge in [0.2, 0.25) is 0 Å². The zero-order valence-corrected chi connectivity index (χ0v) is 19.3. The largest absolute Gasteiger partial charge is 0.294 e. The second-order valence-corrected chi connectivity index (χ2v) is 9.10. The molecular weight excluding hydrogens is 474 g/mol. The molecule has 0 radical (unpaired) electrons. The molecule has 0 unspecified atom stereocenters. The minimum atomic E-state index is -0.142. The van der Waals surface area contributed by atoms with Crippen molar-refractivity contribution >= 4 is 44.4 Å². The van der Waals surface area contributed by atoms with Crippen LogP contribution in [0.5, 0.6) is 0 Å². The van der Waals surface area contributed by atoms with Crippen LogP contribution in [0.1, 0.15) is 28.8 Å². The molecule has 0 aliphatic carbocycles. The van der Waals surface area contributed by atoms with E-state index in [0.717, 1.165) is 10.0 Å². The first-order valence-corrected chi connectivity index (χ1v) is 11.7. The minimum absolute atomic E-state index is 0.109. The average Bonchev–Trinajstić information content (AvgIpc) is 2.77. The minimum Gasteiger partial charge on any atom is -0.294 e. The van der Waals surface area contributed by atoms with Crippen molar-refractivity contribution in [2.75, 3.05) is 5.75 Å². The number of thioether (sulfide) groups is 1. The maximum atomic E-state index is 13.2. The number of aryl methyl sites for hydroxylation is 1. The maximum Gasteiger partial charge on any atom is 0.267 e. The summed E-state index contributed by atoms with van der Waals surface area (Å²) in [5, 5.41) is 1.14. The maximum absolute atomic E-state index is 13.2. The van der Waals surface area contributed by atoms with E-state index in [9.17, 15) is 9.59 Å². The molecule has 156 valence electrons. The lowest BCUT2D eigenvalue weighted by atomic mass is 10.1. The fourth-order valence-corrected chi connectivity index (χ4v) is 4.43. The van der Waals surface area contributed by atoms with Crippen LogP contribution in [0.2, 0.25) is 0 Å². The number of nitrogens with zero attached hydrogens (tertiary/aromatic N) is 3. The normalized spacial score (nSPS) is 11.0. The second kappa shape index (κ2) is 9.58. The number of ketones is 1. The molecule has 0 amide bonds. The van der Waals surface area contributed by atoms with E-state index in [1.807, 2.05) is 61.5 Å². The van der Waals surface area contributed by atoms with Gasteiger partial charge in [0.15, 0.2) is 10.9 Å². The van der Waals surface area contributed by atoms with Gasteiger partial charge in [0, 0.05) is 28.4 Å². The van der Waals surface area contributed by atoms with Gasteiger partial charge in [0.25, 0.3) is 5.56 Å². The van der Waals surface area contributed by atoms with Crippen LogP contribution >= 0.6 is 27.7 Å². The summed E-state index contributed by atoms with van der Waals surface area (Å²) < 4.78 is 2.51. The molecule has 0 saturated heterocycles. The molecule has 0 bridgehead atoms. The summed E-state index contributed by atoms with van der Waals surface area (Å²) in [7, 11) is 0. The van der Waals surface area contributed by atoms with Gasteiger partial charge in [-0.05, 0) is 55.3 Å². The number of pyridine rings is 1. The van der Waals surface area contributed by atoms with Crippen LogP contribution in [-0.4, -0.2) is 26.1 Å². The number of aromatic nitrogens is 3. The van der Waals surface area contributed by atoms with E-state index in [1.54, 1.807) is 16.8 Å². The number of carbonyl (C=O) groups excluding carboxylic acids is 1. The first-order chi connectivity index (χ1) is 15.0. The van der Waals surface area contributed by atoms with Gasteiger partial charge in [-0.15, -0.1) is 0 Å². The van der Waals surface area contributed by atoms with Crippen molar-refractivity contribution < 1.29 is 4.79 Å². The lowest BCUT2D eigenvalue weighted by Crippen LogP contribution is -2.22. The number of carbonyl (C=O) groups is 1. The Labute approximate surface area is 192 Å². The van der Waals surface area contributed by atoms with Gasteiger partial charge in [-0.2, -0.15) is 0 Å². The molecule has 4 rings (SSSR count). The van der Waals surface area contributed by atoms with E-state index in [2.05, 4.69) is 20.9 Å². The van der Waals surface area contributed by atoms with Crippen LogP contribution in [0.15, 0.2) is 81.3 Å². The molecule has 7 heteroatoms. The van der Waals surface area contributed by atoms with Crippen molar-refractivity contribution in [3.8, 4) is 5.82 Å². The molecule has 0 spiro atoms. The molecule has 0 fully saturated rings. The Hall–Kier alpha value is -2.77. The molecule has 0 aliphatic rings. The molecule has 0 N–H and O–H groups in total. The summed E-state index contributed by atoms with van der Waals surface area (Å²) in [4.78, 5) is 34.8. The first kappa shape index (κ1) is 21.5. The van der Waals surface area contributed by atoms with Crippen molar-refractivity contribution in [3.05, 3.63) is 92.8 Å². The highest BCUT2D eigenvalue weighted by atomic mass is 79.9. The lowest BCUT2D eigenvalue weighted by molar-refractivity contribution is 0.0982. The molecular formula is C24H20BrN3O2S. The van der Waals surface area contributed by atoms with Crippen molar-refractivity contribution in [2.24, 2.45) is 0 Å². The molecule has 5 nitrogen and oxygen atoms in total. The SMILES string of the molecule is Cc1ccnc(-n2c(SCCCC(=O)c3ccc(Br)cc3)nc3ccccc3c2=O)c1. The van der Waals surface area contributed by atoms with Gasteiger partial charge in [-0.3, -0.25) is 9.59 Å².